The Balaban J connectivity index is 2.07. The second kappa shape index (κ2) is 5.70. The summed E-state index contributed by atoms with van der Waals surface area (Å²) in [6.07, 6.45) is -0.481. The van der Waals surface area contributed by atoms with Crippen molar-refractivity contribution < 1.29 is 9.53 Å². The molecule has 0 aromatic heterocycles. The summed E-state index contributed by atoms with van der Waals surface area (Å²) in [5.74, 6) is 0.721. The van der Waals surface area contributed by atoms with E-state index in [1.807, 2.05) is 62.4 Å². The number of Topliss-reactive ketones (excluding diaryl/α,β-unsaturated/α-hetero) is 1. The van der Waals surface area contributed by atoms with E-state index in [1.165, 1.54) is 5.56 Å². The van der Waals surface area contributed by atoms with Crippen LogP contribution in [0.25, 0.3) is 0 Å². The molecule has 1 unspecified atom stereocenters. The highest BCUT2D eigenvalue weighted by Crippen LogP contribution is 2.15. The molecule has 2 rings (SSSR count). The summed E-state index contributed by atoms with van der Waals surface area (Å²) >= 11 is 0. The van der Waals surface area contributed by atoms with E-state index in [1.54, 1.807) is 6.92 Å². The van der Waals surface area contributed by atoms with E-state index in [9.17, 15) is 4.79 Å². The fraction of sp³-hybridized carbons (Fsp3) is 0.235. The highest BCUT2D eigenvalue weighted by atomic mass is 16.5. The number of carbonyl (C=O) groups is 1. The molecule has 0 aliphatic carbocycles. The second-order valence-electron chi connectivity index (χ2n) is 4.80. The standard InChI is InChI=1S/C17H18O2/c1-12-4-8-15(9-5-12)17(18)14(3)19-16-10-6-13(2)7-11-16/h4-11,14H,1-3H3. The molecule has 0 saturated heterocycles. The van der Waals surface area contributed by atoms with Crippen molar-refractivity contribution >= 4 is 5.78 Å². The van der Waals surface area contributed by atoms with E-state index in [4.69, 9.17) is 4.74 Å². The maximum Gasteiger partial charge on any atom is 0.202 e. The number of carbonyl (C=O) groups excluding carboxylic acids is 1. The lowest BCUT2D eigenvalue weighted by Gasteiger charge is -2.14. The fourth-order valence-corrected chi connectivity index (χ4v) is 1.83. The van der Waals surface area contributed by atoms with Crippen molar-refractivity contribution in [1.82, 2.24) is 0 Å². The molecule has 0 saturated carbocycles. The van der Waals surface area contributed by atoms with E-state index in [0.717, 1.165) is 11.3 Å². The molecule has 0 aliphatic heterocycles. The normalized spacial score (nSPS) is 11.9. The number of benzene rings is 2. The van der Waals surface area contributed by atoms with Crippen LogP contribution >= 0.6 is 0 Å². The van der Waals surface area contributed by atoms with Crippen LogP contribution in [0.5, 0.6) is 5.75 Å². The second-order valence-corrected chi connectivity index (χ2v) is 4.80. The maximum absolute atomic E-state index is 12.2. The Labute approximate surface area is 114 Å². The molecule has 0 amide bonds. The third kappa shape index (κ3) is 3.44. The molecule has 2 aromatic carbocycles. The zero-order valence-corrected chi connectivity index (χ0v) is 11.5. The molecule has 0 fully saturated rings. The Hall–Kier alpha value is -2.09. The molecule has 2 heteroatoms. The fourth-order valence-electron chi connectivity index (χ4n) is 1.83. The van der Waals surface area contributed by atoms with Gasteiger partial charge in [0.15, 0.2) is 6.10 Å². The number of ether oxygens (including phenoxy) is 1. The Morgan fingerprint density at radius 1 is 0.895 bits per heavy atom. The van der Waals surface area contributed by atoms with Crippen molar-refractivity contribution in [1.29, 1.82) is 0 Å². The molecule has 0 radical (unpaired) electrons. The lowest BCUT2D eigenvalue weighted by molar-refractivity contribution is 0.0818. The van der Waals surface area contributed by atoms with Gasteiger partial charge in [-0.15, -0.1) is 0 Å². The summed E-state index contributed by atoms with van der Waals surface area (Å²) in [6, 6.07) is 15.3. The van der Waals surface area contributed by atoms with Gasteiger partial charge in [-0.2, -0.15) is 0 Å². The predicted molar refractivity (Wildman–Crippen MR) is 76.8 cm³/mol. The third-order valence-corrected chi connectivity index (χ3v) is 3.04. The molecule has 19 heavy (non-hydrogen) atoms. The van der Waals surface area contributed by atoms with Gasteiger partial charge in [-0.1, -0.05) is 47.5 Å². The Morgan fingerprint density at radius 2 is 1.37 bits per heavy atom. The first-order valence-corrected chi connectivity index (χ1v) is 6.40. The van der Waals surface area contributed by atoms with Crippen LogP contribution in [0.4, 0.5) is 0 Å². The minimum absolute atomic E-state index is 0.000532. The first-order chi connectivity index (χ1) is 9.06. The maximum atomic E-state index is 12.2. The van der Waals surface area contributed by atoms with Crippen molar-refractivity contribution in [3.8, 4) is 5.75 Å². The van der Waals surface area contributed by atoms with Gasteiger partial charge in [-0.05, 0) is 32.9 Å². The SMILES string of the molecule is Cc1ccc(OC(C)C(=O)c2ccc(C)cc2)cc1. The van der Waals surface area contributed by atoms with Crippen molar-refractivity contribution in [2.24, 2.45) is 0 Å². The van der Waals surface area contributed by atoms with Crippen molar-refractivity contribution in [3.63, 3.8) is 0 Å². The predicted octanol–water partition coefficient (Wildman–Crippen LogP) is 3.95. The summed E-state index contributed by atoms with van der Waals surface area (Å²) in [6.45, 7) is 5.80. The Kier molecular flexibility index (Phi) is 4.00. The molecule has 1 atom stereocenters. The molecule has 0 aliphatic rings. The lowest BCUT2D eigenvalue weighted by atomic mass is 10.1. The van der Waals surface area contributed by atoms with E-state index >= 15 is 0 Å². The summed E-state index contributed by atoms with van der Waals surface area (Å²) < 4.78 is 5.67. The van der Waals surface area contributed by atoms with Crippen LogP contribution in [-0.2, 0) is 0 Å². The number of hydrogen-bond donors (Lipinski definition) is 0. The first-order valence-electron chi connectivity index (χ1n) is 6.40. The zero-order chi connectivity index (χ0) is 13.8. The zero-order valence-electron chi connectivity index (χ0n) is 11.5. The van der Waals surface area contributed by atoms with Gasteiger partial charge in [0.05, 0.1) is 0 Å². The molecule has 98 valence electrons. The highest BCUT2D eigenvalue weighted by Gasteiger charge is 2.16. The minimum Gasteiger partial charge on any atom is -0.483 e. The van der Waals surface area contributed by atoms with Crippen molar-refractivity contribution in [2.45, 2.75) is 26.9 Å². The smallest absolute Gasteiger partial charge is 0.202 e. The molecule has 0 N–H and O–H groups in total. The average Bonchev–Trinajstić information content (AvgIpc) is 2.41. The summed E-state index contributed by atoms with van der Waals surface area (Å²) in [5.41, 5.74) is 3.00. The van der Waals surface area contributed by atoms with Gasteiger partial charge >= 0.3 is 0 Å². The number of ketones is 1. The molecular formula is C17H18O2. The van der Waals surface area contributed by atoms with Crippen LogP contribution in [0, 0.1) is 13.8 Å². The average molecular weight is 254 g/mol. The van der Waals surface area contributed by atoms with E-state index < -0.39 is 6.10 Å². The number of hydrogen-bond acceptors (Lipinski definition) is 2. The molecule has 0 bridgehead atoms. The van der Waals surface area contributed by atoms with Gasteiger partial charge in [-0.3, -0.25) is 4.79 Å². The Bertz CT molecular complexity index is 553. The summed E-state index contributed by atoms with van der Waals surface area (Å²) in [7, 11) is 0. The van der Waals surface area contributed by atoms with Crippen LogP contribution in [0.3, 0.4) is 0 Å². The molecule has 2 aromatic rings. The molecule has 0 heterocycles. The van der Waals surface area contributed by atoms with Gasteiger partial charge in [-0.25, -0.2) is 0 Å². The summed E-state index contributed by atoms with van der Waals surface area (Å²) in [5, 5.41) is 0. The third-order valence-electron chi connectivity index (χ3n) is 3.04. The highest BCUT2D eigenvalue weighted by molar-refractivity contribution is 5.99. The van der Waals surface area contributed by atoms with Gasteiger partial charge in [0, 0.05) is 5.56 Å². The van der Waals surface area contributed by atoms with Crippen LogP contribution in [0.15, 0.2) is 48.5 Å². The molecular weight excluding hydrogens is 236 g/mol. The van der Waals surface area contributed by atoms with Crippen LogP contribution < -0.4 is 4.74 Å². The Morgan fingerprint density at radius 3 is 1.89 bits per heavy atom. The van der Waals surface area contributed by atoms with E-state index in [2.05, 4.69) is 0 Å². The van der Waals surface area contributed by atoms with Crippen molar-refractivity contribution in [3.05, 3.63) is 65.2 Å². The summed E-state index contributed by atoms with van der Waals surface area (Å²) in [4.78, 5) is 12.2. The van der Waals surface area contributed by atoms with E-state index in [-0.39, 0.29) is 5.78 Å². The minimum atomic E-state index is -0.481. The number of rotatable bonds is 4. The van der Waals surface area contributed by atoms with Gasteiger partial charge in [0.2, 0.25) is 5.78 Å². The van der Waals surface area contributed by atoms with Gasteiger partial charge < -0.3 is 4.74 Å². The molecule has 0 spiro atoms. The monoisotopic (exact) mass is 254 g/mol. The van der Waals surface area contributed by atoms with Gasteiger partial charge in [0.25, 0.3) is 0 Å². The van der Waals surface area contributed by atoms with E-state index in [0.29, 0.717) is 5.56 Å². The van der Waals surface area contributed by atoms with Crippen LogP contribution in [0.1, 0.15) is 28.4 Å². The topological polar surface area (TPSA) is 26.3 Å². The largest absolute Gasteiger partial charge is 0.483 e. The first kappa shape index (κ1) is 13.3. The molecule has 2 nitrogen and oxygen atoms in total. The van der Waals surface area contributed by atoms with Crippen LogP contribution in [0.2, 0.25) is 0 Å². The quantitative estimate of drug-likeness (QED) is 0.772. The van der Waals surface area contributed by atoms with Gasteiger partial charge in [0.1, 0.15) is 5.75 Å². The number of aryl methyl sites for hydroxylation is 2. The lowest BCUT2D eigenvalue weighted by Crippen LogP contribution is -2.23. The van der Waals surface area contributed by atoms with Crippen LogP contribution in [-0.4, -0.2) is 11.9 Å². The van der Waals surface area contributed by atoms with Crippen molar-refractivity contribution in [2.75, 3.05) is 0 Å².